The monoisotopic (exact) mass is 333 g/mol. The van der Waals surface area contributed by atoms with E-state index in [4.69, 9.17) is 14.7 Å². The van der Waals surface area contributed by atoms with Crippen LogP contribution in [0.1, 0.15) is 12.7 Å². The van der Waals surface area contributed by atoms with Crippen LogP contribution < -0.4 is 10.2 Å². The lowest BCUT2D eigenvalue weighted by Crippen LogP contribution is -2.49. The molecular weight excluding hydrogens is 310 g/mol. The molecule has 0 bridgehead atoms. The largest absolute Gasteiger partial charge is 0.378 e. The SMILES string of the molecule is C[C@H]1CNCCN1Cc1nc(N2CCOCC2)c2ccsc2n1. The number of fused-ring (bicyclic) bond motifs is 1. The van der Waals surface area contributed by atoms with Gasteiger partial charge in [0.1, 0.15) is 16.5 Å². The molecule has 124 valence electrons. The van der Waals surface area contributed by atoms with Crippen molar-refractivity contribution in [2.24, 2.45) is 0 Å². The lowest BCUT2D eigenvalue weighted by Gasteiger charge is -2.33. The molecule has 1 N–H and O–H groups in total. The molecule has 2 aliphatic heterocycles. The lowest BCUT2D eigenvalue weighted by atomic mass is 10.2. The number of nitrogens with zero attached hydrogens (tertiary/aromatic N) is 4. The number of rotatable bonds is 3. The zero-order valence-electron chi connectivity index (χ0n) is 13.5. The molecule has 0 amide bonds. The van der Waals surface area contributed by atoms with Crippen molar-refractivity contribution in [1.82, 2.24) is 20.2 Å². The fourth-order valence-corrected chi connectivity index (χ4v) is 4.05. The zero-order chi connectivity index (χ0) is 15.6. The fraction of sp³-hybridized carbons (Fsp3) is 0.625. The predicted octanol–water partition coefficient (Wildman–Crippen LogP) is 1.32. The second kappa shape index (κ2) is 6.68. The van der Waals surface area contributed by atoms with Crippen molar-refractivity contribution in [3.63, 3.8) is 0 Å². The van der Waals surface area contributed by atoms with E-state index in [0.29, 0.717) is 6.04 Å². The molecule has 2 saturated heterocycles. The van der Waals surface area contributed by atoms with Gasteiger partial charge in [-0.05, 0) is 18.4 Å². The van der Waals surface area contributed by atoms with Gasteiger partial charge in [0.05, 0.1) is 25.1 Å². The third-order valence-corrected chi connectivity index (χ3v) is 5.45. The summed E-state index contributed by atoms with van der Waals surface area (Å²) in [5, 5.41) is 6.72. The average Bonchev–Trinajstić information content (AvgIpc) is 3.05. The Labute approximate surface area is 140 Å². The summed E-state index contributed by atoms with van der Waals surface area (Å²) in [6.07, 6.45) is 0. The van der Waals surface area contributed by atoms with E-state index in [9.17, 15) is 0 Å². The first-order valence-corrected chi connectivity index (χ1v) is 9.21. The van der Waals surface area contributed by atoms with Gasteiger partial charge in [0, 0.05) is 38.8 Å². The van der Waals surface area contributed by atoms with Gasteiger partial charge in [0.25, 0.3) is 0 Å². The molecule has 0 radical (unpaired) electrons. The molecule has 2 aromatic rings. The number of anilines is 1. The van der Waals surface area contributed by atoms with Crippen LogP contribution in [-0.2, 0) is 11.3 Å². The number of nitrogens with one attached hydrogen (secondary N) is 1. The standard InChI is InChI=1S/C16H23N5OS/c1-12-10-17-3-4-21(12)11-14-18-15(20-5-7-22-8-6-20)13-2-9-23-16(13)19-14/h2,9,12,17H,3-8,10-11H2,1H3/t12-/m0/s1. The molecule has 2 fully saturated rings. The van der Waals surface area contributed by atoms with E-state index in [2.05, 4.69) is 33.5 Å². The van der Waals surface area contributed by atoms with Crippen molar-refractivity contribution in [3.8, 4) is 0 Å². The highest BCUT2D eigenvalue weighted by Gasteiger charge is 2.22. The Hall–Kier alpha value is -1.28. The van der Waals surface area contributed by atoms with Gasteiger partial charge in [-0.3, -0.25) is 4.90 Å². The summed E-state index contributed by atoms with van der Waals surface area (Å²) in [7, 11) is 0. The van der Waals surface area contributed by atoms with Crippen LogP contribution in [0.3, 0.4) is 0 Å². The summed E-state index contributed by atoms with van der Waals surface area (Å²) in [6.45, 7) is 9.60. The molecule has 7 heteroatoms. The molecule has 23 heavy (non-hydrogen) atoms. The van der Waals surface area contributed by atoms with Gasteiger partial charge in [-0.1, -0.05) is 0 Å². The van der Waals surface area contributed by atoms with Gasteiger partial charge < -0.3 is 15.0 Å². The molecule has 2 aliphatic rings. The third kappa shape index (κ3) is 3.19. The average molecular weight is 333 g/mol. The maximum atomic E-state index is 5.48. The molecule has 1 atom stereocenters. The van der Waals surface area contributed by atoms with E-state index < -0.39 is 0 Å². The summed E-state index contributed by atoms with van der Waals surface area (Å²) < 4.78 is 5.48. The van der Waals surface area contributed by atoms with Crippen molar-refractivity contribution in [2.45, 2.75) is 19.5 Å². The van der Waals surface area contributed by atoms with Gasteiger partial charge >= 0.3 is 0 Å². The van der Waals surface area contributed by atoms with Crippen LogP contribution in [0.25, 0.3) is 10.2 Å². The normalized spacial score (nSPS) is 23.5. The lowest BCUT2D eigenvalue weighted by molar-refractivity contribution is 0.122. The summed E-state index contributed by atoms with van der Waals surface area (Å²) in [4.78, 5) is 15.6. The van der Waals surface area contributed by atoms with E-state index in [-0.39, 0.29) is 0 Å². The molecule has 4 heterocycles. The maximum absolute atomic E-state index is 5.48. The zero-order valence-corrected chi connectivity index (χ0v) is 14.3. The number of thiophene rings is 1. The van der Waals surface area contributed by atoms with Crippen LogP contribution in [0.5, 0.6) is 0 Å². The highest BCUT2D eigenvalue weighted by Crippen LogP contribution is 2.28. The smallest absolute Gasteiger partial charge is 0.146 e. The van der Waals surface area contributed by atoms with Gasteiger partial charge in [0.15, 0.2) is 0 Å². The Kier molecular flexibility index (Phi) is 4.43. The minimum Gasteiger partial charge on any atom is -0.378 e. The molecule has 0 aliphatic carbocycles. The van der Waals surface area contributed by atoms with Crippen LogP contribution in [0.2, 0.25) is 0 Å². The summed E-state index contributed by atoms with van der Waals surface area (Å²) in [5.74, 6) is 2.02. The molecule has 0 saturated carbocycles. The quantitative estimate of drug-likeness (QED) is 0.914. The van der Waals surface area contributed by atoms with Gasteiger partial charge in [0.2, 0.25) is 0 Å². The van der Waals surface area contributed by atoms with E-state index in [1.54, 1.807) is 11.3 Å². The second-order valence-electron chi connectivity index (χ2n) is 6.23. The number of hydrogen-bond acceptors (Lipinski definition) is 7. The number of ether oxygens (including phenoxy) is 1. The Morgan fingerprint density at radius 3 is 3.00 bits per heavy atom. The van der Waals surface area contributed by atoms with E-state index >= 15 is 0 Å². The van der Waals surface area contributed by atoms with E-state index in [1.807, 2.05) is 0 Å². The number of morpholine rings is 1. The summed E-state index contributed by atoms with van der Waals surface area (Å²) >= 11 is 1.70. The van der Waals surface area contributed by atoms with Crippen molar-refractivity contribution < 1.29 is 4.74 Å². The fourth-order valence-electron chi connectivity index (χ4n) is 3.27. The third-order valence-electron chi connectivity index (χ3n) is 4.65. The number of hydrogen-bond donors (Lipinski definition) is 1. The molecule has 6 nitrogen and oxygen atoms in total. The highest BCUT2D eigenvalue weighted by molar-refractivity contribution is 7.16. The molecular formula is C16H23N5OS. The topological polar surface area (TPSA) is 53.5 Å². The van der Waals surface area contributed by atoms with Crippen LogP contribution in [-0.4, -0.2) is 66.8 Å². The first-order chi connectivity index (χ1) is 11.3. The van der Waals surface area contributed by atoms with Crippen molar-refractivity contribution in [2.75, 3.05) is 50.8 Å². The first-order valence-electron chi connectivity index (χ1n) is 8.33. The number of piperazine rings is 1. The molecule has 0 unspecified atom stereocenters. The van der Waals surface area contributed by atoms with Gasteiger partial charge in [-0.2, -0.15) is 0 Å². The predicted molar refractivity (Wildman–Crippen MR) is 93.2 cm³/mol. The Bertz CT molecular complexity index is 670. The Balaban J connectivity index is 1.64. The van der Waals surface area contributed by atoms with Crippen molar-refractivity contribution in [1.29, 1.82) is 0 Å². The van der Waals surface area contributed by atoms with Crippen LogP contribution in [0.4, 0.5) is 5.82 Å². The Morgan fingerprint density at radius 2 is 2.17 bits per heavy atom. The van der Waals surface area contributed by atoms with Crippen molar-refractivity contribution in [3.05, 3.63) is 17.3 Å². The maximum Gasteiger partial charge on any atom is 0.146 e. The highest BCUT2D eigenvalue weighted by atomic mass is 32.1. The van der Waals surface area contributed by atoms with E-state index in [0.717, 1.165) is 69.0 Å². The molecule has 0 aromatic carbocycles. The minimum atomic E-state index is 0.526. The number of aromatic nitrogens is 2. The van der Waals surface area contributed by atoms with Crippen LogP contribution in [0, 0.1) is 0 Å². The molecule has 0 spiro atoms. The van der Waals surface area contributed by atoms with Crippen LogP contribution >= 0.6 is 11.3 Å². The second-order valence-corrected chi connectivity index (χ2v) is 7.12. The Morgan fingerprint density at radius 1 is 1.30 bits per heavy atom. The minimum absolute atomic E-state index is 0.526. The summed E-state index contributed by atoms with van der Waals surface area (Å²) in [5.41, 5.74) is 0. The molecule has 2 aromatic heterocycles. The van der Waals surface area contributed by atoms with E-state index in [1.165, 1.54) is 5.39 Å². The van der Waals surface area contributed by atoms with Gasteiger partial charge in [-0.15, -0.1) is 11.3 Å². The summed E-state index contributed by atoms with van der Waals surface area (Å²) in [6, 6.07) is 2.67. The molecule has 4 rings (SSSR count). The first kappa shape index (κ1) is 15.3. The van der Waals surface area contributed by atoms with Crippen molar-refractivity contribution >= 4 is 27.4 Å². The van der Waals surface area contributed by atoms with Gasteiger partial charge in [-0.25, -0.2) is 9.97 Å². The van der Waals surface area contributed by atoms with Crippen LogP contribution in [0.15, 0.2) is 11.4 Å².